The number of amides is 1. The van der Waals surface area contributed by atoms with Gasteiger partial charge in [0.05, 0.1) is 11.7 Å². The van der Waals surface area contributed by atoms with Gasteiger partial charge in [-0.2, -0.15) is 5.10 Å². The number of hydrogen-bond acceptors (Lipinski definition) is 4. The molecule has 0 aliphatic carbocycles. The van der Waals surface area contributed by atoms with E-state index < -0.39 is 6.10 Å². The zero-order valence-electron chi connectivity index (χ0n) is 14.1. The second kappa shape index (κ2) is 6.97. The van der Waals surface area contributed by atoms with E-state index in [4.69, 9.17) is 11.6 Å². The molecule has 6 nitrogen and oxygen atoms in total. The van der Waals surface area contributed by atoms with E-state index in [0.717, 1.165) is 16.6 Å². The largest absolute Gasteiger partial charge is 0.378 e. The molecule has 134 valence electrons. The molecule has 0 unspecified atom stereocenters. The number of anilines is 1. The van der Waals surface area contributed by atoms with Crippen LogP contribution in [0.4, 0.5) is 5.69 Å². The van der Waals surface area contributed by atoms with E-state index in [1.54, 1.807) is 35.4 Å². The van der Waals surface area contributed by atoms with Crippen molar-refractivity contribution in [3.05, 3.63) is 59.2 Å². The predicted molar refractivity (Wildman–Crippen MR) is 101 cm³/mol. The molecule has 3 aromatic rings. The van der Waals surface area contributed by atoms with E-state index in [9.17, 15) is 9.90 Å². The number of halogens is 1. The number of aromatic nitrogens is 2. The number of nitrogens with one attached hydrogen (secondary N) is 1. The molecule has 0 saturated carbocycles. The molecule has 1 atom stereocenters. The van der Waals surface area contributed by atoms with Crippen molar-refractivity contribution in [1.29, 1.82) is 0 Å². The summed E-state index contributed by atoms with van der Waals surface area (Å²) in [5, 5.41) is 18.9. The first-order valence-corrected chi connectivity index (χ1v) is 8.90. The van der Waals surface area contributed by atoms with Crippen molar-refractivity contribution < 1.29 is 9.90 Å². The Kier molecular flexibility index (Phi) is 4.53. The second-order valence-electron chi connectivity index (χ2n) is 6.38. The van der Waals surface area contributed by atoms with Gasteiger partial charge in [-0.1, -0.05) is 29.8 Å². The number of hydrogen-bond donors (Lipinski definition) is 2. The number of H-pyrrole nitrogens is 1. The van der Waals surface area contributed by atoms with Gasteiger partial charge in [0.1, 0.15) is 0 Å². The van der Waals surface area contributed by atoms with Crippen LogP contribution in [0, 0.1) is 0 Å². The highest BCUT2D eigenvalue weighted by molar-refractivity contribution is 6.31. The first-order valence-electron chi connectivity index (χ1n) is 8.53. The maximum atomic E-state index is 12.6. The highest BCUT2D eigenvalue weighted by Gasteiger charge is 2.28. The van der Waals surface area contributed by atoms with Gasteiger partial charge in [-0.05, 0) is 24.3 Å². The van der Waals surface area contributed by atoms with Crippen LogP contribution in [0.2, 0.25) is 5.02 Å². The molecule has 2 aromatic carbocycles. The van der Waals surface area contributed by atoms with Crippen LogP contribution in [-0.4, -0.2) is 52.3 Å². The average Bonchev–Trinajstić information content (AvgIpc) is 3.15. The van der Waals surface area contributed by atoms with Gasteiger partial charge in [0.15, 0.2) is 6.10 Å². The Morgan fingerprint density at radius 1 is 1.15 bits per heavy atom. The van der Waals surface area contributed by atoms with Crippen LogP contribution in [0.1, 0.15) is 11.7 Å². The molecule has 7 heteroatoms. The van der Waals surface area contributed by atoms with Gasteiger partial charge in [-0.25, -0.2) is 0 Å². The lowest BCUT2D eigenvalue weighted by molar-refractivity contribution is -0.140. The Morgan fingerprint density at radius 3 is 2.69 bits per heavy atom. The number of piperazine rings is 1. The number of rotatable bonds is 3. The first kappa shape index (κ1) is 16.9. The molecule has 2 heterocycles. The summed E-state index contributed by atoms with van der Waals surface area (Å²) < 4.78 is 0. The lowest BCUT2D eigenvalue weighted by Crippen LogP contribution is -2.50. The topological polar surface area (TPSA) is 72.5 Å². The Morgan fingerprint density at radius 2 is 1.92 bits per heavy atom. The van der Waals surface area contributed by atoms with Gasteiger partial charge < -0.3 is 14.9 Å². The number of aliphatic hydroxyl groups excluding tert-OH is 1. The van der Waals surface area contributed by atoms with Crippen LogP contribution in [0.5, 0.6) is 0 Å². The number of fused-ring (bicyclic) bond motifs is 1. The van der Waals surface area contributed by atoms with Gasteiger partial charge in [0.2, 0.25) is 0 Å². The van der Waals surface area contributed by atoms with Crippen molar-refractivity contribution in [2.24, 2.45) is 0 Å². The van der Waals surface area contributed by atoms with Crippen molar-refractivity contribution in [1.82, 2.24) is 15.1 Å². The minimum atomic E-state index is -1.22. The van der Waals surface area contributed by atoms with E-state index in [2.05, 4.69) is 27.2 Å². The molecule has 0 spiro atoms. The molecule has 0 radical (unpaired) electrons. The predicted octanol–water partition coefficient (Wildman–Crippen LogP) is 2.60. The number of benzene rings is 2. The Bertz CT molecular complexity index is 934. The number of carbonyl (C=O) groups excluding carboxylic acids is 1. The lowest BCUT2D eigenvalue weighted by Gasteiger charge is -2.37. The molecular formula is C19H19ClN4O2. The highest BCUT2D eigenvalue weighted by Crippen LogP contribution is 2.26. The molecular weight excluding hydrogens is 352 g/mol. The molecule has 2 N–H and O–H groups in total. The molecule has 0 bridgehead atoms. The summed E-state index contributed by atoms with van der Waals surface area (Å²) in [6, 6.07) is 13.1. The summed E-state index contributed by atoms with van der Waals surface area (Å²) >= 11 is 6.10. The Hall–Kier alpha value is -2.57. The zero-order chi connectivity index (χ0) is 18.1. The quantitative estimate of drug-likeness (QED) is 0.743. The molecule has 1 amide bonds. The summed E-state index contributed by atoms with van der Waals surface area (Å²) in [5.41, 5.74) is 2.56. The number of aliphatic hydroxyl groups is 1. The van der Waals surface area contributed by atoms with Gasteiger partial charge >= 0.3 is 0 Å². The molecule has 1 aliphatic heterocycles. The standard InChI is InChI=1S/C19H19ClN4O2/c20-16-4-2-1-3-15(16)18(25)19(26)24-9-7-23(8-10-24)14-5-6-17-13(11-14)12-21-22-17/h1-6,11-12,18,25H,7-10H2,(H,21,22)/t18-/m0/s1. The van der Waals surface area contributed by atoms with Crippen LogP contribution in [0.3, 0.4) is 0 Å². The molecule has 4 rings (SSSR count). The third-order valence-electron chi connectivity index (χ3n) is 4.81. The van der Waals surface area contributed by atoms with E-state index in [1.165, 1.54) is 0 Å². The first-order chi connectivity index (χ1) is 12.6. The van der Waals surface area contributed by atoms with Crippen molar-refractivity contribution in [2.45, 2.75) is 6.10 Å². The van der Waals surface area contributed by atoms with E-state index in [0.29, 0.717) is 36.8 Å². The molecule has 1 aliphatic rings. The maximum Gasteiger partial charge on any atom is 0.256 e. The number of carbonyl (C=O) groups is 1. The monoisotopic (exact) mass is 370 g/mol. The maximum absolute atomic E-state index is 12.6. The van der Waals surface area contributed by atoms with Gasteiger partial charge in [-0.15, -0.1) is 0 Å². The normalized spacial score (nSPS) is 16.1. The Balaban J connectivity index is 1.42. The van der Waals surface area contributed by atoms with E-state index in [-0.39, 0.29) is 5.91 Å². The van der Waals surface area contributed by atoms with Crippen molar-refractivity contribution in [3.63, 3.8) is 0 Å². The number of aromatic amines is 1. The van der Waals surface area contributed by atoms with E-state index in [1.807, 2.05) is 6.07 Å². The van der Waals surface area contributed by atoms with Crippen molar-refractivity contribution in [2.75, 3.05) is 31.1 Å². The molecule has 26 heavy (non-hydrogen) atoms. The summed E-state index contributed by atoms with van der Waals surface area (Å²) in [6.07, 6.45) is 0.580. The minimum absolute atomic E-state index is 0.303. The van der Waals surface area contributed by atoms with Crippen LogP contribution in [0.25, 0.3) is 10.9 Å². The lowest BCUT2D eigenvalue weighted by atomic mass is 10.1. The smallest absolute Gasteiger partial charge is 0.256 e. The fourth-order valence-corrected chi connectivity index (χ4v) is 3.55. The summed E-state index contributed by atoms with van der Waals surface area (Å²) in [4.78, 5) is 16.5. The zero-order valence-corrected chi connectivity index (χ0v) is 14.9. The van der Waals surface area contributed by atoms with Crippen LogP contribution in [-0.2, 0) is 4.79 Å². The fourth-order valence-electron chi connectivity index (χ4n) is 3.31. The molecule has 1 aromatic heterocycles. The van der Waals surface area contributed by atoms with Gasteiger partial charge in [-0.3, -0.25) is 9.89 Å². The van der Waals surface area contributed by atoms with Crippen molar-refractivity contribution in [3.8, 4) is 0 Å². The minimum Gasteiger partial charge on any atom is -0.378 e. The van der Waals surface area contributed by atoms with Crippen LogP contribution >= 0.6 is 11.6 Å². The third kappa shape index (κ3) is 3.13. The van der Waals surface area contributed by atoms with Crippen LogP contribution < -0.4 is 4.90 Å². The second-order valence-corrected chi connectivity index (χ2v) is 6.79. The highest BCUT2D eigenvalue weighted by atomic mass is 35.5. The summed E-state index contributed by atoms with van der Waals surface area (Å²) in [6.45, 7) is 2.54. The summed E-state index contributed by atoms with van der Waals surface area (Å²) in [5.74, 6) is -0.303. The van der Waals surface area contributed by atoms with Crippen LogP contribution in [0.15, 0.2) is 48.7 Å². The fraction of sp³-hybridized carbons (Fsp3) is 0.263. The van der Waals surface area contributed by atoms with Gasteiger partial charge in [0, 0.05) is 47.8 Å². The van der Waals surface area contributed by atoms with Crippen molar-refractivity contribution >= 4 is 34.1 Å². The molecule has 1 saturated heterocycles. The SMILES string of the molecule is O=C([C@@H](O)c1ccccc1Cl)N1CCN(c2ccc3[nH]ncc3c2)CC1. The average molecular weight is 371 g/mol. The molecule has 1 fully saturated rings. The number of nitrogens with zero attached hydrogens (tertiary/aromatic N) is 3. The third-order valence-corrected chi connectivity index (χ3v) is 5.16. The van der Waals surface area contributed by atoms with Gasteiger partial charge in [0.25, 0.3) is 5.91 Å². The van der Waals surface area contributed by atoms with E-state index >= 15 is 0 Å². The Labute approximate surface area is 156 Å². The summed E-state index contributed by atoms with van der Waals surface area (Å²) in [7, 11) is 0.